The Balaban J connectivity index is 1.68. The van der Waals surface area contributed by atoms with Crippen LogP contribution >= 0.6 is 27.3 Å². The molecule has 100 valence electrons. The Labute approximate surface area is 122 Å². The maximum absolute atomic E-state index is 12.0. The van der Waals surface area contributed by atoms with Crippen LogP contribution in [0.4, 0.5) is 5.69 Å². The molecule has 2 aromatic heterocycles. The summed E-state index contributed by atoms with van der Waals surface area (Å²) < 4.78 is 1.01. The van der Waals surface area contributed by atoms with Gasteiger partial charge in [-0.1, -0.05) is 0 Å². The van der Waals surface area contributed by atoms with Crippen molar-refractivity contribution in [3.8, 4) is 0 Å². The average Bonchev–Trinajstić information content (AvgIpc) is 3.04. The number of hydrogen-bond donors (Lipinski definition) is 3. The Kier molecular flexibility index (Phi) is 3.32. The summed E-state index contributed by atoms with van der Waals surface area (Å²) in [6, 6.07) is 1.96. The lowest BCUT2D eigenvalue weighted by molar-refractivity contribution is 0.0947. The Hall–Kier alpha value is -1.34. The SMILES string of the molecule is Nc1c(C(=O)NCc2sccc2Br)n[nH]c1C1CC1. The van der Waals surface area contributed by atoms with Crippen LogP contribution in [-0.2, 0) is 6.54 Å². The quantitative estimate of drug-likeness (QED) is 0.799. The number of thiophene rings is 1. The molecule has 0 saturated heterocycles. The second-order valence-electron chi connectivity index (χ2n) is 4.55. The van der Waals surface area contributed by atoms with Crippen LogP contribution in [0.5, 0.6) is 0 Å². The Morgan fingerprint density at radius 2 is 2.42 bits per heavy atom. The van der Waals surface area contributed by atoms with Crippen LogP contribution in [0.15, 0.2) is 15.9 Å². The molecule has 7 heteroatoms. The molecule has 0 unspecified atom stereocenters. The summed E-state index contributed by atoms with van der Waals surface area (Å²) in [5, 5.41) is 11.7. The van der Waals surface area contributed by atoms with Crippen molar-refractivity contribution in [1.29, 1.82) is 0 Å². The molecule has 1 amide bonds. The molecule has 1 aliphatic carbocycles. The van der Waals surface area contributed by atoms with E-state index in [0.717, 1.165) is 27.9 Å². The molecule has 1 saturated carbocycles. The average molecular weight is 341 g/mol. The van der Waals surface area contributed by atoms with E-state index in [1.165, 1.54) is 0 Å². The molecule has 2 aromatic rings. The second kappa shape index (κ2) is 4.97. The number of carbonyl (C=O) groups excluding carboxylic acids is 1. The summed E-state index contributed by atoms with van der Waals surface area (Å²) in [4.78, 5) is 13.1. The van der Waals surface area contributed by atoms with Crippen LogP contribution in [0.1, 0.15) is 39.8 Å². The van der Waals surface area contributed by atoms with E-state index in [2.05, 4.69) is 31.4 Å². The zero-order chi connectivity index (χ0) is 13.4. The molecule has 1 fully saturated rings. The third-order valence-corrected chi connectivity index (χ3v) is 5.06. The lowest BCUT2D eigenvalue weighted by Gasteiger charge is -2.03. The molecule has 19 heavy (non-hydrogen) atoms. The maximum Gasteiger partial charge on any atom is 0.274 e. The Morgan fingerprint density at radius 3 is 3.05 bits per heavy atom. The molecule has 0 aliphatic heterocycles. The van der Waals surface area contributed by atoms with Crippen molar-refractivity contribution in [1.82, 2.24) is 15.5 Å². The van der Waals surface area contributed by atoms with E-state index in [-0.39, 0.29) is 5.91 Å². The van der Waals surface area contributed by atoms with Gasteiger partial charge in [-0.2, -0.15) is 5.10 Å². The van der Waals surface area contributed by atoms with Gasteiger partial charge in [-0.05, 0) is 40.2 Å². The monoisotopic (exact) mass is 340 g/mol. The molecule has 2 heterocycles. The molecule has 0 radical (unpaired) electrons. The Morgan fingerprint density at radius 1 is 1.63 bits per heavy atom. The number of anilines is 1. The number of nitrogens with zero attached hydrogens (tertiary/aromatic N) is 1. The molecule has 0 atom stereocenters. The minimum Gasteiger partial charge on any atom is -0.395 e. The number of nitrogens with two attached hydrogens (primary N) is 1. The zero-order valence-corrected chi connectivity index (χ0v) is 12.5. The largest absolute Gasteiger partial charge is 0.395 e. The first-order valence-corrected chi connectivity index (χ1v) is 7.68. The van der Waals surface area contributed by atoms with Gasteiger partial charge in [0.2, 0.25) is 0 Å². The number of H-pyrrole nitrogens is 1. The summed E-state index contributed by atoms with van der Waals surface area (Å²) in [5.74, 6) is 0.224. The van der Waals surface area contributed by atoms with Crippen LogP contribution in [0.25, 0.3) is 0 Å². The zero-order valence-electron chi connectivity index (χ0n) is 10.1. The molecule has 1 aliphatic rings. The summed E-state index contributed by atoms with van der Waals surface area (Å²) in [7, 11) is 0. The van der Waals surface area contributed by atoms with Gasteiger partial charge in [0, 0.05) is 15.3 Å². The van der Waals surface area contributed by atoms with E-state index in [1.54, 1.807) is 11.3 Å². The van der Waals surface area contributed by atoms with Gasteiger partial charge >= 0.3 is 0 Å². The van der Waals surface area contributed by atoms with Gasteiger partial charge in [0.05, 0.1) is 17.9 Å². The molecular weight excluding hydrogens is 328 g/mol. The molecule has 0 bridgehead atoms. The highest BCUT2D eigenvalue weighted by atomic mass is 79.9. The minimum atomic E-state index is -0.235. The molecule has 0 aromatic carbocycles. The minimum absolute atomic E-state index is 0.235. The summed E-state index contributed by atoms with van der Waals surface area (Å²) in [5.41, 5.74) is 7.66. The van der Waals surface area contributed by atoms with Gasteiger partial charge < -0.3 is 11.1 Å². The highest BCUT2D eigenvalue weighted by Crippen LogP contribution is 2.42. The van der Waals surface area contributed by atoms with Gasteiger partial charge in [0.25, 0.3) is 5.91 Å². The number of amides is 1. The number of aromatic nitrogens is 2. The molecular formula is C12H13BrN4OS. The standard InChI is InChI=1S/C12H13BrN4OS/c13-7-3-4-19-8(7)5-15-12(18)11-9(14)10(16-17-11)6-1-2-6/h3-4,6H,1-2,5,14H2,(H,15,18)(H,16,17). The first-order valence-electron chi connectivity index (χ1n) is 6.00. The fourth-order valence-corrected chi connectivity index (χ4v) is 3.35. The first-order chi connectivity index (χ1) is 9.16. The predicted molar refractivity (Wildman–Crippen MR) is 78.2 cm³/mol. The first kappa shape index (κ1) is 12.7. The van der Waals surface area contributed by atoms with E-state index in [1.807, 2.05) is 11.4 Å². The molecule has 5 nitrogen and oxygen atoms in total. The summed E-state index contributed by atoms with van der Waals surface area (Å²) in [6.07, 6.45) is 2.24. The number of aromatic amines is 1. The van der Waals surface area contributed by atoms with Crippen molar-refractivity contribution in [2.75, 3.05) is 5.73 Å². The third kappa shape index (κ3) is 2.52. The lowest BCUT2D eigenvalue weighted by atomic mass is 10.2. The van der Waals surface area contributed by atoms with Crippen LogP contribution in [0.2, 0.25) is 0 Å². The number of carbonyl (C=O) groups is 1. The van der Waals surface area contributed by atoms with E-state index in [0.29, 0.717) is 23.8 Å². The smallest absolute Gasteiger partial charge is 0.274 e. The van der Waals surface area contributed by atoms with Crippen molar-refractivity contribution >= 4 is 38.9 Å². The number of rotatable bonds is 4. The fourth-order valence-electron chi connectivity index (χ4n) is 1.92. The second-order valence-corrected chi connectivity index (χ2v) is 6.40. The van der Waals surface area contributed by atoms with Crippen molar-refractivity contribution in [2.24, 2.45) is 0 Å². The van der Waals surface area contributed by atoms with Gasteiger partial charge in [-0.3, -0.25) is 9.89 Å². The van der Waals surface area contributed by atoms with E-state index in [9.17, 15) is 4.79 Å². The van der Waals surface area contributed by atoms with Gasteiger partial charge in [0.1, 0.15) is 0 Å². The van der Waals surface area contributed by atoms with Crippen molar-refractivity contribution in [3.05, 3.63) is 32.2 Å². The van der Waals surface area contributed by atoms with E-state index >= 15 is 0 Å². The van der Waals surface area contributed by atoms with Crippen molar-refractivity contribution in [3.63, 3.8) is 0 Å². The fraction of sp³-hybridized carbons (Fsp3) is 0.333. The summed E-state index contributed by atoms with van der Waals surface area (Å²) in [6.45, 7) is 0.474. The van der Waals surface area contributed by atoms with Gasteiger partial charge in [0.15, 0.2) is 5.69 Å². The number of halogens is 1. The van der Waals surface area contributed by atoms with Crippen LogP contribution in [0.3, 0.4) is 0 Å². The number of hydrogen-bond acceptors (Lipinski definition) is 4. The van der Waals surface area contributed by atoms with E-state index < -0.39 is 0 Å². The predicted octanol–water partition coefficient (Wildman–Crippen LogP) is 2.62. The van der Waals surface area contributed by atoms with Crippen molar-refractivity contribution < 1.29 is 4.79 Å². The highest BCUT2D eigenvalue weighted by Gasteiger charge is 2.30. The number of nitrogen functional groups attached to an aromatic ring is 1. The van der Waals surface area contributed by atoms with Crippen LogP contribution < -0.4 is 11.1 Å². The highest BCUT2D eigenvalue weighted by molar-refractivity contribution is 9.10. The normalized spacial score (nSPS) is 14.6. The summed E-state index contributed by atoms with van der Waals surface area (Å²) >= 11 is 5.02. The number of nitrogens with one attached hydrogen (secondary N) is 2. The molecule has 3 rings (SSSR count). The maximum atomic E-state index is 12.0. The molecule has 0 spiro atoms. The molecule has 4 N–H and O–H groups in total. The van der Waals surface area contributed by atoms with E-state index in [4.69, 9.17) is 5.73 Å². The Bertz CT molecular complexity index is 617. The van der Waals surface area contributed by atoms with Crippen molar-refractivity contribution in [2.45, 2.75) is 25.3 Å². The lowest BCUT2D eigenvalue weighted by Crippen LogP contribution is -2.23. The van der Waals surface area contributed by atoms with Gasteiger partial charge in [-0.25, -0.2) is 0 Å². The van der Waals surface area contributed by atoms with Crippen LogP contribution in [-0.4, -0.2) is 16.1 Å². The topological polar surface area (TPSA) is 83.8 Å². The van der Waals surface area contributed by atoms with Gasteiger partial charge in [-0.15, -0.1) is 11.3 Å². The van der Waals surface area contributed by atoms with Crippen LogP contribution in [0, 0.1) is 0 Å². The third-order valence-electron chi connectivity index (χ3n) is 3.13.